The van der Waals surface area contributed by atoms with E-state index in [0.717, 1.165) is 11.0 Å². The van der Waals surface area contributed by atoms with Crippen LogP contribution in [0.4, 0.5) is 0 Å². The maximum atomic E-state index is 4.06. The molecule has 0 saturated heterocycles. The van der Waals surface area contributed by atoms with E-state index in [1.165, 1.54) is 6.42 Å². The average Bonchev–Trinajstić information content (AvgIpc) is 2.52. The third-order valence-corrected chi connectivity index (χ3v) is 1.33. The normalized spacial score (nSPS) is 8.46. The summed E-state index contributed by atoms with van der Waals surface area (Å²) in [5, 5.41) is 0. The van der Waals surface area contributed by atoms with Gasteiger partial charge in [0.15, 0.2) is 0 Å². The van der Waals surface area contributed by atoms with E-state index >= 15 is 0 Å². The van der Waals surface area contributed by atoms with Crippen LogP contribution < -0.4 is 0 Å². The number of imidazole rings is 1. The van der Waals surface area contributed by atoms with Crippen molar-refractivity contribution in [2.45, 2.75) is 20.3 Å². The fourth-order valence-corrected chi connectivity index (χ4v) is 0.880. The van der Waals surface area contributed by atoms with Crippen molar-refractivity contribution in [2.75, 3.05) is 0 Å². The lowest BCUT2D eigenvalue weighted by molar-refractivity contribution is 1.09. The average molecular weight is 290 g/mol. The Balaban J connectivity index is 0.000000324. The van der Waals surface area contributed by atoms with E-state index in [-0.39, 0.29) is 24.0 Å². The van der Waals surface area contributed by atoms with Gasteiger partial charge in [-0.2, -0.15) is 0 Å². The van der Waals surface area contributed by atoms with E-state index in [2.05, 4.69) is 23.8 Å². The molecule has 0 amide bonds. The van der Waals surface area contributed by atoms with Crippen LogP contribution in [0.3, 0.4) is 0 Å². The van der Waals surface area contributed by atoms with Gasteiger partial charge in [-0.25, -0.2) is 4.98 Å². The number of fused-ring (bicyclic) bond motifs is 1. The standard InChI is InChI=1S/C7H6N2.C3H8.HI/c1-2-4-7-6(3-1)8-5-9-7;1-3-2;/h1-5H,(H,8,9);3H2,1-2H3;1H. The van der Waals surface area contributed by atoms with Crippen LogP contribution in [-0.4, -0.2) is 9.97 Å². The molecular formula is C10H15IN2. The second kappa shape index (κ2) is 6.88. The Morgan fingerprint density at radius 3 is 2.46 bits per heavy atom. The molecule has 0 bridgehead atoms. The number of hydrogen-bond acceptors (Lipinski definition) is 1. The summed E-state index contributed by atoms with van der Waals surface area (Å²) in [7, 11) is 0. The fourth-order valence-electron chi connectivity index (χ4n) is 0.880. The van der Waals surface area contributed by atoms with Crippen LogP contribution in [0.25, 0.3) is 11.0 Å². The first-order valence-electron chi connectivity index (χ1n) is 4.26. The lowest BCUT2D eigenvalue weighted by atomic mass is 10.3. The van der Waals surface area contributed by atoms with Crippen molar-refractivity contribution < 1.29 is 0 Å². The van der Waals surface area contributed by atoms with Crippen LogP contribution in [0.5, 0.6) is 0 Å². The Hall–Kier alpha value is -0.580. The zero-order valence-electron chi connectivity index (χ0n) is 7.95. The number of rotatable bonds is 0. The van der Waals surface area contributed by atoms with Gasteiger partial charge in [-0.05, 0) is 12.1 Å². The van der Waals surface area contributed by atoms with Crippen LogP contribution in [0.2, 0.25) is 0 Å². The number of H-pyrrole nitrogens is 1. The lowest BCUT2D eigenvalue weighted by Crippen LogP contribution is -1.63. The lowest BCUT2D eigenvalue weighted by Gasteiger charge is -1.81. The largest absolute Gasteiger partial charge is 0.345 e. The predicted octanol–water partition coefficient (Wildman–Crippen LogP) is 3.60. The number of benzene rings is 1. The van der Waals surface area contributed by atoms with Crippen LogP contribution in [0.15, 0.2) is 30.6 Å². The van der Waals surface area contributed by atoms with E-state index in [1.54, 1.807) is 6.33 Å². The minimum absolute atomic E-state index is 0. The van der Waals surface area contributed by atoms with Crippen molar-refractivity contribution in [3.8, 4) is 0 Å². The third-order valence-electron chi connectivity index (χ3n) is 1.33. The van der Waals surface area contributed by atoms with Gasteiger partial charge in [0.05, 0.1) is 17.4 Å². The molecule has 2 rings (SSSR count). The zero-order valence-corrected chi connectivity index (χ0v) is 10.3. The molecular weight excluding hydrogens is 275 g/mol. The van der Waals surface area contributed by atoms with Gasteiger partial charge in [0.2, 0.25) is 0 Å². The molecule has 13 heavy (non-hydrogen) atoms. The van der Waals surface area contributed by atoms with Crippen LogP contribution in [0, 0.1) is 0 Å². The van der Waals surface area contributed by atoms with Gasteiger partial charge in [-0.15, -0.1) is 24.0 Å². The highest BCUT2D eigenvalue weighted by Gasteiger charge is 1.88. The smallest absolute Gasteiger partial charge is 0.0931 e. The van der Waals surface area contributed by atoms with Crippen molar-refractivity contribution >= 4 is 35.0 Å². The molecule has 1 heterocycles. The molecule has 0 aliphatic heterocycles. The van der Waals surface area contributed by atoms with E-state index < -0.39 is 0 Å². The summed E-state index contributed by atoms with van der Waals surface area (Å²) in [4.78, 5) is 7.07. The van der Waals surface area contributed by atoms with Gasteiger partial charge in [0.1, 0.15) is 0 Å². The SMILES string of the molecule is CCC.I.c1ccc2[nH]cnc2c1. The van der Waals surface area contributed by atoms with E-state index in [0.29, 0.717) is 0 Å². The molecule has 0 aliphatic carbocycles. The molecule has 0 unspecified atom stereocenters. The number of aromatic nitrogens is 2. The molecule has 0 spiro atoms. The zero-order chi connectivity index (χ0) is 8.81. The number of hydrogen-bond donors (Lipinski definition) is 1. The summed E-state index contributed by atoms with van der Waals surface area (Å²) >= 11 is 0. The number of halogens is 1. The number of nitrogens with one attached hydrogen (secondary N) is 1. The van der Waals surface area contributed by atoms with Crippen LogP contribution in [-0.2, 0) is 0 Å². The van der Waals surface area contributed by atoms with Gasteiger partial charge in [0, 0.05) is 0 Å². The summed E-state index contributed by atoms with van der Waals surface area (Å²) < 4.78 is 0. The highest BCUT2D eigenvalue weighted by atomic mass is 127. The Kier molecular flexibility index (Phi) is 6.58. The van der Waals surface area contributed by atoms with E-state index in [9.17, 15) is 0 Å². The van der Waals surface area contributed by atoms with Gasteiger partial charge < -0.3 is 4.98 Å². The summed E-state index contributed by atoms with van der Waals surface area (Å²) in [5.41, 5.74) is 2.12. The highest BCUT2D eigenvalue weighted by molar-refractivity contribution is 14.0. The molecule has 0 aliphatic rings. The molecule has 2 nitrogen and oxygen atoms in total. The molecule has 72 valence electrons. The van der Waals surface area contributed by atoms with Gasteiger partial charge in [0.25, 0.3) is 0 Å². The van der Waals surface area contributed by atoms with Crippen LogP contribution >= 0.6 is 24.0 Å². The number of aromatic amines is 1. The fraction of sp³-hybridized carbons (Fsp3) is 0.300. The summed E-state index contributed by atoms with van der Waals surface area (Å²) in [6.07, 6.45) is 2.95. The molecule has 0 saturated carbocycles. The predicted molar refractivity (Wildman–Crippen MR) is 67.5 cm³/mol. The molecule has 0 atom stereocenters. The molecule has 3 heteroatoms. The minimum atomic E-state index is 0. The Morgan fingerprint density at radius 2 is 1.85 bits per heavy atom. The van der Waals surface area contributed by atoms with E-state index in [4.69, 9.17) is 0 Å². The Morgan fingerprint density at radius 1 is 1.23 bits per heavy atom. The third kappa shape index (κ3) is 3.76. The van der Waals surface area contributed by atoms with Crippen molar-refractivity contribution in [1.82, 2.24) is 9.97 Å². The molecule has 0 fully saturated rings. The van der Waals surface area contributed by atoms with Gasteiger partial charge >= 0.3 is 0 Å². The van der Waals surface area contributed by atoms with Crippen LogP contribution in [0.1, 0.15) is 20.3 Å². The van der Waals surface area contributed by atoms with Crippen molar-refractivity contribution in [1.29, 1.82) is 0 Å². The monoisotopic (exact) mass is 290 g/mol. The Bertz CT molecular complexity index is 300. The minimum Gasteiger partial charge on any atom is -0.345 e. The highest BCUT2D eigenvalue weighted by Crippen LogP contribution is 2.05. The molecule has 1 aromatic carbocycles. The van der Waals surface area contributed by atoms with Crippen molar-refractivity contribution in [2.24, 2.45) is 0 Å². The van der Waals surface area contributed by atoms with Gasteiger partial charge in [-0.1, -0.05) is 32.4 Å². The van der Waals surface area contributed by atoms with Crippen molar-refractivity contribution in [3.05, 3.63) is 30.6 Å². The van der Waals surface area contributed by atoms with Crippen molar-refractivity contribution in [3.63, 3.8) is 0 Å². The maximum absolute atomic E-state index is 4.06. The van der Waals surface area contributed by atoms with Gasteiger partial charge in [-0.3, -0.25) is 0 Å². The first-order valence-corrected chi connectivity index (χ1v) is 4.26. The molecule has 0 radical (unpaired) electrons. The molecule has 1 aromatic heterocycles. The quantitative estimate of drug-likeness (QED) is 0.738. The topological polar surface area (TPSA) is 28.7 Å². The second-order valence-corrected chi connectivity index (χ2v) is 2.63. The maximum Gasteiger partial charge on any atom is 0.0931 e. The first-order chi connectivity index (χ1) is 5.88. The summed E-state index contributed by atoms with van der Waals surface area (Å²) in [6, 6.07) is 7.94. The molecule has 2 aromatic rings. The second-order valence-electron chi connectivity index (χ2n) is 2.63. The number of para-hydroxylation sites is 2. The summed E-state index contributed by atoms with van der Waals surface area (Å²) in [5.74, 6) is 0. The molecule has 1 N–H and O–H groups in total. The first kappa shape index (κ1) is 12.4. The summed E-state index contributed by atoms with van der Waals surface area (Å²) in [6.45, 7) is 4.25. The Labute approximate surface area is 95.8 Å². The number of nitrogens with zero attached hydrogens (tertiary/aromatic N) is 1. The van der Waals surface area contributed by atoms with E-state index in [1.807, 2.05) is 24.3 Å².